The molecule has 226 valence electrons. The molecule has 5 aromatic rings. The lowest BCUT2D eigenvalue weighted by Gasteiger charge is -2.10. The Bertz CT molecular complexity index is 1550. The number of pyridine rings is 2. The van der Waals surface area contributed by atoms with Gasteiger partial charge >= 0.3 is 0 Å². The van der Waals surface area contributed by atoms with Crippen LogP contribution in [-0.4, -0.2) is 76.0 Å². The van der Waals surface area contributed by atoms with E-state index >= 15 is 0 Å². The van der Waals surface area contributed by atoms with Crippen LogP contribution in [0.5, 0.6) is 11.5 Å². The molecule has 0 saturated heterocycles. The minimum Gasteiger partial charge on any atom is -0.491 e. The van der Waals surface area contributed by atoms with Crippen molar-refractivity contribution in [2.45, 2.75) is 0 Å². The molecule has 8 bridgehead atoms. The Labute approximate surface area is 257 Å². The van der Waals surface area contributed by atoms with Crippen molar-refractivity contribution in [2.24, 2.45) is 0 Å². The van der Waals surface area contributed by atoms with Crippen molar-refractivity contribution in [1.29, 1.82) is 0 Å². The van der Waals surface area contributed by atoms with Crippen LogP contribution in [0.25, 0.3) is 44.3 Å². The van der Waals surface area contributed by atoms with Gasteiger partial charge in [0.05, 0.1) is 75.3 Å². The molecule has 0 saturated carbocycles. The molecule has 0 spiro atoms. The molecule has 8 rings (SSSR count). The smallest absolute Gasteiger partial charge is 0.119 e. The van der Waals surface area contributed by atoms with Gasteiger partial charge in [0, 0.05) is 21.9 Å². The van der Waals surface area contributed by atoms with Crippen molar-refractivity contribution >= 4 is 21.8 Å². The molecular weight excluding hydrogens is 556 g/mol. The Kier molecular flexibility index (Phi) is 10.4. The highest BCUT2D eigenvalue weighted by atomic mass is 16.5. The zero-order chi connectivity index (χ0) is 29.8. The van der Waals surface area contributed by atoms with Crippen LogP contribution in [-0.2, 0) is 18.9 Å². The Morgan fingerprint density at radius 3 is 1.23 bits per heavy atom. The number of ether oxygens (including phenoxy) is 6. The van der Waals surface area contributed by atoms with Gasteiger partial charge in [-0.2, -0.15) is 0 Å². The summed E-state index contributed by atoms with van der Waals surface area (Å²) >= 11 is 0. The monoisotopic (exact) mass is 592 g/mol. The molecule has 3 aromatic carbocycles. The summed E-state index contributed by atoms with van der Waals surface area (Å²) in [6.45, 7) is 5.00. The van der Waals surface area contributed by atoms with Gasteiger partial charge in [-0.05, 0) is 60.7 Å². The lowest BCUT2D eigenvalue weighted by Crippen LogP contribution is -2.11. The van der Waals surface area contributed by atoms with Gasteiger partial charge in [0.2, 0.25) is 0 Å². The molecule has 3 aliphatic heterocycles. The Morgan fingerprint density at radius 2 is 0.773 bits per heavy atom. The molecule has 0 radical (unpaired) electrons. The van der Waals surface area contributed by atoms with E-state index in [2.05, 4.69) is 24.3 Å². The topological polar surface area (TPSA) is 81.2 Å². The van der Waals surface area contributed by atoms with E-state index in [-0.39, 0.29) is 0 Å². The van der Waals surface area contributed by atoms with Gasteiger partial charge in [-0.3, -0.25) is 0 Å². The summed E-state index contributed by atoms with van der Waals surface area (Å²) in [6.07, 6.45) is 3.88. The number of nitrogens with zero attached hydrogens (tertiary/aromatic N) is 2. The highest BCUT2D eigenvalue weighted by Crippen LogP contribution is 2.30. The molecule has 0 aliphatic carbocycles. The maximum Gasteiger partial charge on any atom is 0.119 e. The second-order valence-electron chi connectivity index (χ2n) is 10.2. The molecule has 8 heteroatoms. The quantitative estimate of drug-likeness (QED) is 0.149. The average molecular weight is 593 g/mol. The minimum absolute atomic E-state index is 0.463. The molecule has 0 N–H and O–H groups in total. The number of aromatic nitrogens is 2. The Hall–Kier alpha value is -4.34. The van der Waals surface area contributed by atoms with Crippen molar-refractivity contribution in [1.82, 2.24) is 9.97 Å². The van der Waals surface area contributed by atoms with Crippen LogP contribution in [0.1, 0.15) is 0 Å². The predicted octanol–water partition coefficient (Wildman–Crippen LogP) is 6.51. The summed E-state index contributed by atoms with van der Waals surface area (Å²) in [7, 11) is 0. The zero-order valence-electron chi connectivity index (χ0n) is 24.7. The average Bonchev–Trinajstić information content (AvgIpc) is 3.07. The summed E-state index contributed by atoms with van der Waals surface area (Å²) in [6, 6.07) is 28.4. The van der Waals surface area contributed by atoms with Crippen molar-refractivity contribution in [3.63, 3.8) is 0 Å². The fourth-order valence-corrected chi connectivity index (χ4v) is 4.85. The first-order chi connectivity index (χ1) is 21.8. The predicted molar refractivity (Wildman–Crippen MR) is 171 cm³/mol. The zero-order valence-corrected chi connectivity index (χ0v) is 24.7. The fourth-order valence-electron chi connectivity index (χ4n) is 4.85. The molecule has 3 aliphatic rings. The highest BCUT2D eigenvalue weighted by molar-refractivity contribution is 6.04. The molecule has 44 heavy (non-hydrogen) atoms. The minimum atomic E-state index is 0.463. The summed E-state index contributed by atoms with van der Waals surface area (Å²) in [5.41, 5.74) is 5.52. The van der Waals surface area contributed by atoms with Crippen LogP contribution >= 0.6 is 0 Å². The highest BCUT2D eigenvalue weighted by Gasteiger charge is 2.09. The molecule has 0 unspecified atom stereocenters. The standard InChI is InChI=1S/C36H36N2O6/c1-2-18-40-20-22-42-24-26-44-32-13-7-28(8-14-32)34-16-10-30-4-3-29-9-15-33(37-35(29)36(30)38-34)27-5-11-31(12-6-27)43-25-23-41-21-19-39-17-1/h1-16H,17-26H2/b2-1+. The Morgan fingerprint density at radius 1 is 0.386 bits per heavy atom. The second kappa shape index (κ2) is 15.4. The lowest BCUT2D eigenvalue weighted by molar-refractivity contribution is 0.0424. The molecule has 0 fully saturated rings. The SMILES string of the molecule is C1=C/COCCOCCOc2ccc(cc2)-c2ccc3ccc4ccc(nc4c3n2)-c2ccc(cc2)OCCOCCOC/1. The maximum atomic E-state index is 5.86. The van der Waals surface area contributed by atoms with Gasteiger partial charge in [0.15, 0.2) is 0 Å². The van der Waals surface area contributed by atoms with Crippen LogP contribution < -0.4 is 9.47 Å². The second-order valence-corrected chi connectivity index (χ2v) is 10.2. The fraction of sp³-hybridized carbons (Fsp3) is 0.278. The van der Waals surface area contributed by atoms with E-state index in [0.29, 0.717) is 66.1 Å². The molecular formula is C36H36N2O6. The normalized spacial score (nSPS) is 16.8. The third kappa shape index (κ3) is 7.98. The summed E-state index contributed by atoms with van der Waals surface area (Å²) in [5.74, 6) is 1.57. The molecule has 0 atom stereocenters. The first-order valence-corrected chi connectivity index (χ1v) is 15.0. The molecule has 8 nitrogen and oxygen atoms in total. The van der Waals surface area contributed by atoms with E-state index < -0.39 is 0 Å². The summed E-state index contributed by atoms with van der Waals surface area (Å²) in [5, 5.41) is 2.09. The van der Waals surface area contributed by atoms with Gasteiger partial charge in [-0.15, -0.1) is 0 Å². The Balaban J connectivity index is 1.20. The van der Waals surface area contributed by atoms with Crippen molar-refractivity contribution in [3.8, 4) is 34.0 Å². The lowest BCUT2D eigenvalue weighted by atomic mass is 10.1. The van der Waals surface area contributed by atoms with Crippen molar-refractivity contribution in [2.75, 3.05) is 66.1 Å². The number of hydrogen-bond acceptors (Lipinski definition) is 8. The third-order valence-corrected chi connectivity index (χ3v) is 7.15. The van der Waals surface area contributed by atoms with Crippen LogP contribution in [0.3, 0.4) is 0 Å². The number of fused-ring (bicyclic) bond motifs is 2. The van der Waals surface area contributed by atoms with Gasteiger partial charge in [0.25, 0.3) is 0 Å². The van der Waals surface area contributed by atoms with Crippen molar-refractivity contribution < 1.29 is 28.4 Å². The molecule has 0 amide bonds. The first-order valence-electron chi connectivity index (χ1n) is 15.0. The van der Waals surface area contributed by atoms with Gasteiger partial charge < -0.3 is 28.4 Å². The van der Waals surface area contributed by atoms with E-state index in [1.807, 2.05) is 72.8 Å². The third-order valence-electron chi connectivity index (χ3n) is 7.15. The van der Waals surface area contributed by atoms with Crippen molar-refractivity contribution in [3.05, 3.63) is 97.1 Å². The maximum absolute atomic E-state index is 5.86. The van der Waals surface area contributed by atoms with Crippen LogP contribution in [0.2, 0.25) is 0 Å². The number of benzene rings is 3. The molecule has 5 heterocycles. The van der Waals surface area contributed by atoms with Gasteiger partial charge in [-0.25, -0.2) is 9.97 Å². The van der Waals surface area contributed by atoms with Crippen LogP contribution in [0.15, 0.2) is 97.1 Å². The number of hydrogen-bond donors (Lipinski definition) is 0. The van der Waals surface area contributed by atoms with E-state index in [4.69, 9.17) is 38.4 Å². The largest absolute Gasteiger partial charge is 0.491 e. The van der Waals surface area contributed by atoms with E-state index in [1.54, 1.807) is 0 Å². The van der Waals surface area contributed by atoms with E-state index in [0.717, 1.165) is 55.8 Å². The van der Waals surface area contributed by atoms with E-state index in [9.17, 15) is 0 Å². The number of rotatable bonds is 0. The van der Waals surface area contributed by atoms with Gasteiger partial charge in [-0.1, -0.05) is 36.4 Å². The summed E-state index contributed by atoms with van der Waals surface area (Å²) < 4.78 is 34.1. The first kappa shape index (κ1) is 29.7. The van der Waals surface area contributed by atoms with Gasteiger partial charge in [0.1, 0.15) is 24.7 Å². The van der Waals surface area contributed by atoms with Crippen LogP contribution in [0.4, 0.5) is 0 Å². The van der Waals surface area contributed by atoms with Crippen LogP contribution in [0, 0.1) is 0 Å². The summed E-state index contributed by atoms with van der Waals surface area (Å²) in [4.78, 5) is 10.1. The molecule has 2 aromatic heterocycles. The van der Waals surface area contributed by atoms with E-state index in [1.165, 1.54) is 0 Å².